The zero-order chi connectivity index (χ0) is 19.7. The smallest absolute Gasteiger partial charge is 0.224 e. The second-order valence-electron chi connectivity index (χ2n) is 7.07. The van der Waals surface area contributed by atoms with Crippen molar-refractivity contribution in [1.29, 1.82) is 0 Å². The molecule has 3 aromatic rings. The highest BCUT2D eigenvalue weighted by Gasteiger charge is 2.30. The van der Waals surface area contributed by atoms with E-state index in [1.54, 1.807) is 24.0 Å². The SMILES string of the molecule is CC(=O)N1c2ccccc2N=C(c2ccc(C)cc2)C[C@@H]1c1ccc(F)cc1. The summed E-state index contributed by atoms with van der Waals surface area (Å²) >= 11 is 0. The Morgan fingerprint density at radius 1 is 1.00 bits per heavy atom. The summed E-state index contributed by atoms with van der Waals surface area (Å²) in [6.45, 7) is 3.61. The Morgan fingerprint density at radius 2 is 1.68 bits per heavy atom. The number of carbonyl (C=O) groups is 1. The fourth-order valence-corrected chi connectivity index (χ4v) is 3.67. The van der Waals surface area contributed by atoms with Crippen molar-refractivity contribution in [3.05, 3.63) is 95.3 Å². The first kappa shape index (κ1) is 18.1. The van der Waals surface area contributed by atoms with Crippen LogP contribution in [0.1, 0.15) is 36.1 Å². The van der Waals surface area contributed by atoms with Gasteiger partial charge in [0.25, 0.3) is 0 Å². The molecule has 4 rings (SSSR count). The summed E-state index contributed by atoms with van der Waals surface area (Å²) in [5, 5.41) is 0. The molecule has 0 saturated carbocycles. The Bertz CT molecular complexity index is 1040. The second kappa shape index (κ2) is 7.39. The Kier molecular flexibility index (Phi) is 4.78. The normalized spacial score (nSPS) is 16.2. The van der Waals surface area contributed by atoms with Gasteiger partial charge in [-0.05, 0) is 42.3 Å². The molecule has 0 saturated heterocycles. The van der Waals surface area contributed by atoms with E-state index < -0.39 is 0 Å². The van der Waals surface area contributed by atoms with Crippen LogP contribution in [0.3, 0.4) is 0 Å². The van der Waals surface area contributed by atoms with E-state index in [0.717, 1.165) is 28.2 Å². The minimum absolute atomic E-state index is 0.0675. The topological polar surface area (TPSA) is 32.7 Å². The number of nitrogens with zero attached hydrogens (tertiary/aromatic N) is 2. The van der Waals surface area contributed by atoms with Crippen LogP contribution in [0.4, 0.5) is 15.8 Å². The Balaban J connectivity index is 1.89. The van der Waals surface area contributed by atoms with Gasteiger partial charge < -0.3 is 4.90 Å². The molecule has 0 aliphatic carbocycles. The highest BCUT2D eigenvalue weighted by Crippen LogP contribution is 2.40. The largest absolute Gasteiger partial charge is 0.303 e. The third-order valence-corrected chi connectivity index (χ3v) is 5.07. The number of aryl methyl sites for hydroxylation is 1. The van der Waals surface area contributed by atoms with E-state index in [1.165, 1.54) is 17.7 Å². The standard InChI is InChI=1S/C24H21FN2O/c1-16-7-9-18(10-8-16)22-15-24(19-11-13-20(25)14-12-19)27(17(2)28)23-6-4-3-5-21(23)26-22/h3-14,24H,15H2,1-2H3/t24-/m1/s1. The Hall–Kier alpha value is -3.27. The Morgan fingerprint density at radius 3 is 2.36 bits per heavy atom. The highest BCUT2D eigenvalue weighted by molar-refractivity contribution is 6.07. The predicted octanol–water partition coefficient (Wildman–Crippen LogP) is 5.75. The minimum atomic E-state index is -0.292. The molecule has 0 spiro atoms. The number of amides is 1. The van der Waals surface area contributed by atoms with Crippen LogP contribution in [0.25, 0.3) is 0 Å². The van der Waals surface area contributed by atoms with E-state index in [4.69, 9.17) is 4.99 Å². The van der Waals surface area contributed by atoms with Gasteiger partial charge in [-0.25, -0.2) is 4.39 Å². The van der Waals surface area contributed by atoms with Gasteiger partial charge in [0.1, 0.15) is 5.82 Å². The first-order valence-electron chi connectivity index (χ1n) is 9.32. The van der Waals surface area contributed by atoms with Gasteiger partial charge in [0.05, 0.1) is 23.1 Å². The molecule has 1 heterocycles. The lowest BCUT2D eigenvalue weighted by molar-refractivity contribution is -0.117. The summed E-state index contributed by atoms with van der Waals surface area (Å²) in [5.74, 6) is -0.360. The molecule has 1 aliphatic heterocycles. The maximum atomic E-state index is 13.5. The molecule has 0 bridgehead atoms. The van der Waals surface area contributed by atoms with E-state index in [1.807, 2.05) is 31.2 Å². The molecule has 0 aromatic heterocycles. The van der Waals surface area contributed by atoms with E-state index >= 15 is 0 Å². The summed E-state index contributed by atoms with van der Waals surface area (Å²) in [6.07, 6.45) is 0.545. The number of hydrogen-bond donors (Lipinski definition) is 0. The molecular weight excluding hydrogens is 351 g/mol. The number of benzene rings is 3. The molecule has 3 nitrogen and oxygen atoms in total. The fourth-order valence-electron chi connectivity index (χ4n) is 3.67. The monoisotopic (exact) mass is 372 g/mol. The molecule has 28 heavy (non-hydrogen) atoms. The lowest BCUT2D eigenvalue weighted by Gasteiger charge is -2.30. The summed E-state index contributed by atoms with van der Waals surface area (Å²) < 4.78 is 13.5. The zero-order valence-electron chi connectivity index (χ0n) is 15.9. The molecule has 1 amide bonds. The number of hydrogen-bond acceptors (Lipinski definition) is 2. The van der Waals surface area contributed by atoms with Crippen molar-refractivity contribution in [2.75, 3.05) is 4.90 Å². The van der Waals surface area contributed by atoms with Gasteiger partial charge in [-0.15, -0.1) is 0 Å². The molecule has 3 aromatic carbocycles. The number of halogens is 1. The first-order chi connectivity index (χ1) is 13.5. The average Bonchev–Trinajstić information content (AvgIpc) is 2.86. The number of fused-ring (bicyclic) bond motifs is 1. The molecule has 0 unspecified atom stereocenters. The van der Waals surface area contributed by atoms with E-state index in [-0.39, 0.29) is 17.8 Å². The van der Waals surface area contributed by atoms with Crippen LogP contribution in [0.15, 0.2) is 77.8 Å². The second-order valence-corrected chi connectivity index (χ2v) is 7.07. The fraction of sp³-hybridized carbons (Fsp3) is 0.167. The molecule has 4 heteroatoms. The Labute approximate surface area is 164 Å². The third-order valence-electron chi connectivity index (χ3n) is 5.07. The van der Waals surface area contributed by atoms with Crippen molar-refractivity contribution in [2.24, 2.45) is 4.99 Å². The van der Waals surface area contributed by atoms with Gasteiger partial charge in [-0.1, -0.05) is 54.1 Å². The minimum Gasteiger partial charge on any atom is -0.303 e. The van der Waals surface area contributed by atoms with Gasteiger partial charge in [0.15, 0.2) is 0 Å². The number of para-hydroxylation sites is 2. The highest BCUT2D eigenvalue weighted by atomic mass is 19.1. The summed E-state index contributed by atoms with van der Waals surface area (Å²) in [4.78, 5) is 19.3. The van der Waals surface area contributed by atoms with Crippen LogP contribution < -0.4 is 4.90 Å². The van der Waals surface area contributed by atoms with Crippen molar-refractivity contribution < 1.29 is 9.18 Å². The lowest BCUT2D eigenvalue weighted by atomic mass is 9.95. The van der Waals surface area contributed by atoms with Crippen molar-refractivity contribution in [3.8, 4) is 0 Å². The summed E-state index contributed by atoms with van der Waals surface area (Å²) in [7, 11) is 0. The first-order valence-corrected chi connectivity index (χ1v) is 9.32. The summed E-state index contributed by atoms with van der Waals surface area (Å²) in [6, 6.07) is 22.0. The van der Waals surface area contributed by atoms with Crippen molar-refractivity contribution in [2.45, 2.75) is 26.3 Å². The number of anilines is 1. The predicted molar refractivity (Wildman–Crippen MR) is 111 cm³/mol. The zero-order valence-corrected chi connectivity index (χ0v) is 15.9. The van der Waals surface area contributed by atoms with Gasteiger partial charge >= 0.3 is 0 Å². The van der Waals surface area contributed by atoms with Gasteiger partial charge in [-0.3, -0.25) is 9.79 Å². The van der Waals surface area contributed by atoms with Crippen LogP contribution in [0.5, 0.6) is 0 Å². The van der Waals surface area contributed by atoms with Gasteiger partial charge in [0, 0.05) is 13.3 Å². The molecule has 0 fully saturated rings. The van der Waals surface area contributed by atoms with Crippen molar-refractivity contribution in [3.63, 3.8) is 0 Å². The lowest BCUT2D eigenvalue weighted by Crippen LogP contribution is -2.33. The van der Waals surface area contributed by atoms with Crippen LogP contribution >= 0.6 is 0 Å². The van der Waals surface area contributed by atoms with Crippen LogP contribution in [-0.2, 0) is 4.79 Å². The molecule has 0 N–H and O–H groups in total. The maximum Gasteiger partial charge on any atom is 0.224 e. The number of rotatable bonds is 2. The summed E-state index contributed by atoms with van der Waals surface area (Å²) in [5.41, 5.74) is 5.53. The molecule has 1 atom stereocenters. The third kappa shape index (κ3) is 3.46. The maximum absolute atomic E-state index is 13.5. The van der Waals surface area contributed by atoms with E-state index in [2.05, 4.69) is 24.3 Å². The van der Waals surface area contributed by atoms with Gasteiger partial charge in [-0.2, -0.15) is 0 Å². The van der Waals surface area contributed by atoms with Crippen molar-refractivity contribution >= 4 is 23.0 Å². The number of aliphatic imine (C=N–C) groups is 1. The number of carbonyl (C=O) groups excluding carboxylic acids is 1. The molecule has 0 radical (unpaired) electrons. The quantitative estimate of drug-likeness (QED) is 0.563. The molecule has 140 valence electrons. The van der Waals surface area contributed by atoms with Crippen LogP contribution in [-0.4, -0.2) is 11.6 Å². The van der Waals surface area contributed by atoms with E-state index in [0.29, 0.717) is 6.42 Å². The average molecular weight is 372 g/mol. The van der Waals surface area contributed by atoms with E-state index in [9.17, 15) is 9.18 Å². The van der Waals surface area contributed by atoms with Crippen LogP contribution in [0, 0.1) is 12.7 Å². The van der Waals surface area contributed by atoms with Crippen molar-refractivity contribution in [1.82, 2.24) is 0 Å². The van der Waals surface area contributed by atoms with Gasteiger partial charge in [0.2, 0.25) is 5.91 Å². The molecule has 1 aliphatic rings. The molecular formula is C24H21FN2O. The van der Waals surface area contributed by atoms with Crippen LogP contribution in [0.2, 0.25) is 0 Å².